The molecule has 2 atom stereocenters. The van der Waals surface area contributed by atoms with Crippen LogP contribution in [0.1, 0.15) is 37.7 Å². The molecule has 0 unspecified atom stereocenters. The highest BCUT2D eigenvalue weighted by molar-refractivity contribution is 5.85. The minimum atomic E-state index is -0.879. The Bertz CT molecular complexity index is 656. The summed E-state index contributed by atoms with van der Waals surface area (Å²) in [6.07, 6.45) is 7.92. The van der Waals surface area contributed by atoms with Gasteiger partial charge in [0, 0.05) is 26.2 Å². The molecule has 1 aromatic carbocycles. The Balaban J connectivity index is 1.53. The lowest BCUT2D eigenvalue weighted by Gasteiger charge is -2.17. The Morgan fingerprint density at radius 3 is 2.58 bits per heavy atom. The van der Waals surface area contributed by atoms with Gasteiger partial charge in [-0.25, -0.2) is 0 Å². The summed E-state index contributed by atoms with van der Waals surface area (Å²) in [5, 5.41) is 12.5. The van der Waals surface area contributed by atoms with Gasteiger partial charge in [-0.05, 0) is 37.7 Å². The lowest BCUT2D eigenvalue weighted by molar-refractivity contribution is -0.145. The molecule has 1 fully saturated rings. The summed E-state index contributed by atoms with van der Waals surface area (Å²) < 4.78 is 0. The Morgan fingerprint density at radius 2 is 1.88 bits per heavy atom. The molecule has 1 aliphatic carbocycles. The van der Waals surface area contributed by atoms with E-state index < -0.39 is 17.8 Å². The summed E-state index contributed by atoms with van der Waals surface area (Å²) in [7, 11) is 0. The molecular weight excluding hydrogens is 328 g/mol. The molecule has 0 radical (unpaired) electrons. The predicted molar refractivity (Wildman–Crippen MR) is 101 cm³/mol. The highest BCUT2D eigenvalue weighted by Crippen LogP contribution is 2.26. The van der Waals surface area contributed by atoms with Gasteiger partial charge in [0.1, 0.15) is 0 Å². The van der Waals surface area contributed by atoms with Crippen molar-refractivity contribution >= 4 is 11.9 Å². The number of rotatable bonds is 7. The van der Waals surface area contributed by atoms with Crippen LogP contribution in [0.5, 0.6) is 0 Å². The Morgan fingerprint density at radius 1 is 1.12 bits per heavy atom. The van der Waals surface area contributed by atoms with Crippen molar-refractivity contribution < 1.29 is 14.7 Å². The van der Waals surface area contributed by atoms with Crippen LogP contribution in [0.2, 0.25) is 0 Å². The van der Waals surface area contributed by atoms with Gasteiger partial charge in [0.2, 0.25) is 5.91 Å². The lowest BCUT2D eigenvalue weighted by atomic mass is 9.95. The lowest BCUT2D eigenvalue weighted by Crippen LogP contribution is -2.38. The third-order valence-corrected chi connectivity index (χ3v) is 5.43. The molecule has 1 aromatic rings. The van der Waals surface area contributed by atoms with Gasteiger partial charge in [0.05, 0.1) is 11.8 Å². The number of hydrogen-bond donors (Lipinski definition) is 2. The summed E-state index contributed by atoms with van der Waals surface area (Å²) in [5.74, 6) is -2.11. The van der Waals surface area contributed by atoms with Crippen molar-refractivity contribution in [2.75, 3.05) is 19.6 Å². The highest BCUT2D eigenvalue weighted by atomic mass is 16.4. The number of aliphatic carboxylic acids is 1. The van der Waals surface area contributed by atoms with E-state index in [0.717, 1.165) is 24.8 Å². The molecule has 0 aromatic heterocycles. The number of carboxylic acids is 1. The van der Waals surface area contributed by atoms with E-state index in [1.54, 1.807) is 0 Å². The second kappa shape index (κ2) is 8.99. The molecule has 1 amide bonds. The van der Waals surface area contributed by atoms with Gasteiger partial charge < -0.3 is 10.4 Å². The first kappa shape index (κ1) is 18.6. The van der Waals surface area contributed by atoms with Gasteiger partial charge in [-0.15, -0.1) is 0 Å². The van der Waals surface area contributed by atoms with E-state index in [2.05, 4.69) is 16.3 Å². The number of allylic oxidation sites excluding steroid dienone is 1. The van der Waals surface area contributed by atoms with Gasteiger partial charge in [0.15, 0.2) is 0 Å². The van der Waals surface area contributed by atoms with Crippen LogP contribution in [0.25, 0.3) is 0 Å². The van der Waals surface area contributed by atoms with Crippen LogP contribution in [0.3, 0.4) is 0 Å². The number of hydrogen-bond acceptors (Lipinski definition) is 3. The fourth-order valence-corrected chi connectivity index (χ4v) is 3.98. The van der Waals surface area contributed by atoms with Gasteiger partial charge >= 0.3 is 5.97 Å². The molecule has 5 heteroatoms. The number of benzene rings is 1. The molecule has 3 rings (SSSR count). The van der Waals surface area contributed by atoms with E-state index in [-0.39, 0.29) is 5.91 Å². The summed E-state index contributed by atoms with van der Waals surface area (Å²) >= 11 is 0. The molecule has 140 valence electrons. The van der Waals surface area contributed by atoms with Crippen LogP contribution in [0.15, 0.2) is 42.0 Å². The number of nitrogens with zero attached hydrogens (tertiary/aromatic N) is 1. The van der Waals surface area contributed by atoms with Gasteiger partial charge in [-0.2, -0.15) is 0 Å². The van der Waals surface area contributed by atoms with E-state index in [9.17, 15) is 14.7 Å². The average molecular weight is 356 g/mol. The minimum Gasteiger partial charge on any atom is -0.481 e. The average Bonchev–Trinajstić information content (AvgIpc) is 3.08. The molecule has 2 aliphatic rings. The normalized spacial score (nSPS) is 23.5. The maximum Gasteiger partial charge on any atom is 0.308 e. The second-order valence-electron chi connectivity index (χ2n) is 7.38. The van der Waals surface area contributed by atoms with E-state index in [1.807, 2.05) is 30.3 Å². The number of nitrogens with one attached hydrogen (secondary N) is 1. The number of carbonyl (C=O) groups is 2. The van der Waals surface area contributed by atoms with Crippen LogP contribution in [-0.2, 0) is 16.1 Å². The molecule has 1 saturated heterocycles. The van der Waals surface area contributed by atoms with Crippen molar-refractivity contribution in [3.63, 3.8) is 0 Å². The number of carbonyl (C=O) groups excluding carboxylic acids is 1. The first-order valence-electron chi connectivity index (χ1n) is 9.58. The molecule has 1 heterocycles. The van der Waals surface area contributed by atoms with Gasteiger partial charge in [-0.3, -0.25) is 14.5 Å². The summed E-state index contributed by atoms with van der Waals surface area (Å²) in [6.45, 7) is 2.21. The third kappa shape index (κ3) is 4.94. The quantitative estimate of drug-likeness (QED) is 0.737. The maximum absolute atomic E-state index is 12.6. The van der Waals surface area contributed by atoms with Crippen LogP contribution < -0.4 is 5.32 Å². The van der Waals surface area contributed by atoms with Crippen molar-refractivity contribution in [1.29, 1.82) is 0 Å². The Hall–Kier alpha value is -2.14. The molecule has 0 saturated carbocycles. The Kier molecular flexibility index (Phi) is 6.45. The van der Waals surface area contributed by atoms with Gasteiger partial charge in [0.25, 0.3) is 0 Å². The van der Waals surface area contributed by atoms with Crippen molar-refractivity contribution in [2.45, 2.75) is 38.6 Å². The van der Waals surface area contributed by atoms with Gasteiger partial charge in [-0.1, -0.05) is 42.0 Å². The molecule has 0 bridgehead atoms. The zero-order valence-corrected chi connectivity index (χ0v) is 15.2. The summed E-state index contributed by atoms with van der Waals surface area (Å²) in [5.41, 5.74) is 2.56. The van der Waals surface area contributed by atoms with Crippen molar-refractivity contribution in [3.05, 3.63) is 47.5 Å². The Labute approximate surface area is 155 Å². The van der Waals surface area contributed by atoms with E-state index in [0.29, 0.717) is 26.2 Å². The zero-order valence-electron chi connectivity index (χ0n) is 15.2. The van der Waals surface area contributed by atoms with Crippen molar-refractivity contribution in [3.8, 4) is 0 Å². The molecule has 5 nitrogen and oxygen atoms in total. The summed E-state index contributed by atoms with van der Waals surface area (Å²) in [6, 6.07) is 9.97. The molecule has 1 aliphatic heterocycles. The number of amides is 1. The predicted octanol–water partition coefficient (Wildman–Crippen LogP) is 2.83. The van der Waals surface area contributed by atoms with E-state index >= 15 is 0 Å². The topological polar surface area (TPSA) is 69.6 Å². The number of carboxylic acid groups (broad SMARTS) is 1. The second-order valence-corrected chi connectivity index (χ2v) is 7.38. The first-order chi connectivity index (χ1) is 12.6. The van der Waals surface area contributed by atoms with Crippen LogP contribution >= 0.6 is 0 Å². The van der Waals surface area contributed by atoms with E-state index in [1.165, 1.54) is 18.4 Å². The smallest absolute Gasteiger partial charge is 0.308 e. The van der Waals surface area contributed by atoms with Crippen LogP contribution in [-0.4, -0.2) is 41.5 Å². The maximum atomic E-state index is 12.6. The number of likely N-dealkylation sites (tertiary alicyclic amines) is 1. The monoisotopic (exact) mass is 356 g/mol. The van der Waals surface area contributed by atoms with Crippen LogP contribution in [0, 0.1) is 11.8 Å². The first-order valence-corrected chi connectivity index (χ1v) is 9.58. The minimum absolute atomic E-state index is 0.121. The van der Waals surface area contributed by atoms with Crippen LogP contribution in [0.4, 0.5) is 0 Å². The largest absolute Gasteiger partial charge is 0.481 e. The SMILES string of the molecule is O=C(NCCC1=CCCCC1)[C@H]1CN(Cc2ccccc2)C[C@H]1C(=O)O. The third-order valence-electron chi connectivity index (χ3n) is 5.43. The van der Waals surface area contributed by atoms with E-state index in [4.69, 9.17) is 0 Å². The zero-order chi connectivity index (χ0) is 18.4. The molecule has 26 heavy (non-hydrogen) atoms. The fourth-order valence-electron chi connectivity index (χ4n) is 3.98. The molecular formula is C21H28N2O3. The van der Waals surface area contributed by atoms with Crippen molar-refractivity contribution in [1.82, 2.24) is 10.2 Å². The molecule has 0 spiro atoms. The summed E-state index contributed by atoms with van der Waals surface area (Å²) in [4.78, 5) is 26.3. The molecule has 2 N–H and O–H groups in total. The highest BCUT2D eigenvalue weighted by Gasteiger charge is 2.41. The fraction of sp³-hybridized carbons (Fsp3) is 0.524. The van der Waals surface area contributed by atoms with Crippen molar-refractivity contribution in [2.24, 2.45) is 11.8 Å². The standard InChI is InChI=1S/C21H28N2O3/c24-20(22-12-11-16-7-3-1-4-8-16)18-14-23(15-19(18)21(25)26)13-17-9-5-2-6-10-17/h2,5-7,9-10,18-19H,1,3-4,8,11-15H2,(H,22,24)(H,25,26)/t18-,19+/m0/s1.